The van der Waals surface area contributed by atoms with Gasteiger partial charge in [0.2, 0.25) is 5.91 Å². The van der Waals surface area contributed by atoms with E-state index in [1.165, 1.54) is 7.11 Å². The Balaban J connectivity index is 2.82. The molecule has 0 unspecified atom stereocenters. The van der Waals surface area contributed by atoms with Gasteiger partial charge in [-0.1, -0.05) is 0 Å². The molecule has 0 bridgehead atoms. The molecule has 0 radical (unpaired) electrons. The lowest BCUT2D eigenvalue weighted by atomic mass is 10.2. The van der Waals surface area contributed by atoms with Crippen molar-refractivity contribution in [3.05, 3.63) is 23.8 Å². The van der Waals surface area contributed by atoms with Gasteiger partial charge in [-0.25, -0.2) is 8.78 Å². The number of amides is 1. The van der Waals surface area contributed by atoms with Crippen LogP contribution in [0.25, 0.3) is 0 Å². The average molecular weight is 240 g/mol. The first-order valence-corrected chi connectivity index (χ1v) is 4.78. The second-order valence-corrected chi connectivity index (χ2v) is 3.17. The van der Waals surface area contributed by atoms with Gasteiger partial charge in [0, 0.05) is 25.0 Å². The minimum atomic E-state index is -0.798. The molecule has 0 aliphatic rings. The molecule has 1 N–H and O–H groups in total. The maximum Gasteiger partial charge on any atom is 0.225 e. The molecule has 4 nitrogen and oxygen atoms in total. The van der Waals surface area contributed by atoms with E-state index in [1.54, 1.807) is 6.07 Å². The van der Waals surface area contributed by atoms with Crippen molar-refractivity contribution in [2.24, 2.45) is 0 Å². The predicted octanol–water partition coefficient (Wildman–Crippen LogP) is 2.22. The number of hydrogen-bond donors (Lipinski definition) is 1. The maximum absolute atomic E-state index is 13.4. The lowest BCUT2D eigenvalue weighted by Crippen LogP contribution is -2.12. The topological polar surface area (TPSA) is 62.1 Å². The summed E-state index contributed by atoms with van der Waals surface area (Å²) in [6.07, 6.45) is -0.0460. The molecule has 90 valence electrons. The van der Waals surface area contributed by atoms with Crippen LogP contribution in [-0.2, 0) is 4.79 Å². The van der Waals surface area contributed by atoms with Crippen molar-refractivity contribution in [3.8, 4) is 11.8 Å². The molecule has 1 aromatic carbocycles. The number of nitrogens with one attached hydrogen (secondary N) is 1. The van der Waals surface area contributed by atoms with Gasteiger partial charge in [-0.05, 0) is 0 Å². The van der Waals surface area contributed by atoms with E-state index in [0.717, 1.165) is 12.1 Å². The highest BCUT2D eigenvalue weighted by Crippen LogP contribution is 2.24. The third-order valence-corrected chi connectivity index (χ3v) is 1.98. The standard InChI is InChI=1S/C11H10F2N2O2/c1-17-10-6-7(12)9(5-8(10)13)15-11(16)3-2-4-14/h5-6H,2-3H2,1H3,(H,15,16). The predicted molar refractivity (Wildman–Crippen MR) is 56.4 cm³/mol. The number of carbonyl (C=O) groups is 1. The van der Waals surface area contributed by atoms with Crippen molar-refractivity contribution in [3.63, 3.8) is 0 Å². The molecule has 1 rings (SSSR count). The number of benzene rings is 1. The van der Waals surface area contributed by atoms with Gasteiger partial charge in [0.25, 0.3) is 0 Å². The lowest BCUT2D eigenvalue weighted by Gasteiger charge is -2.08. The molecule has 0 saturated carbocycles. The van der Waals surface area contributed by atoms with Crippen LogP contribution in [0, 0.1) is 23.0 Å². The number of anilines is 1. The van der Waals surface area contributed by atoms with Gasteiger partial charge in [0.1, 0.15) is 0 Å². The van der Waals surface area contributed by atoms with E-state index in [-0.39, 0.29) is 24.3 Å². The molecule has 0 fully saturated rings. The molecule has 0 atom stereocenters. The Morgan fingerprint density at radius 3 is 2.76 bits per heavy atom. The Bertz CT molecular complexity index is 469. The third kappa shape index (κ3) is 3.41. The maximum atomic E-state index is 13.4. The summed E-state index contributed by atoms with van der Waals surface area (Å²) in [6.45, 7) is 0. The van der Waals surface area contributed by atoms with E-state index in [2.05, 4.69) is 10.1 Å². The smallest absolute Gasteiger partial charge is 0.225 e. The first-order valence-electron chi connectivity index (χ1n) is 4.78. The van der Waals surface area contributed by atoms with Gasteiger partial charge >= 0.3 is 0 Å². The van der Waals surface area contributed by atoms with E-state index in [0.29, 0.717) is 0 Å². The molecule has 0 spiro atoms. The van der Waals surface area contributed by atoms with Crippen molar-refractivity contribution in [1.29, 1.82) is 5.26 Å². The molecule has 6 heteroatoms. The van der Waals surface area contributed by atoms with Crippen molar-refractivity contribution < 1.29 is 18.3 Å². The van der Waals surface area contributed by atoms with Gasteiger partial charge in [-0.15, -0.1) is 0 Å². The molecule has 0 aliphatic carbocycles. The van der Waals surface area contributed by atoms with Crippen molar-refractivity contribution >= 4 is 11.6 Å². The second-order valence-electron chi connectivity index (χ2n) is 3.17. The zero-order valence-corrected chi connectivity index (χ0v) is 9.09. The first kappa shape index (κ1) is 12.9. The van der Waals surface area contributed by atoms with Crippen LogP contribution in [-0.4, -0.2) is 13.0 Å². The summed E-state index contributed by atoms with van der Waals surface area (Å²) in [5.41, 5.74) is -0.272. The van der Waals surface area contributed by atoms with Gasteiger partial charge in [-0.2, -0.15) is 5.26 Å². The monoisotopic (exact) mass is 240 g/mol. The highest BCUT2D eigenvalue weighted by molar-refractivity contribution is 5.91. The van der Waals surface area contributed by atoms with Crippen LogP contribution in [0.5, 0.6) is 5.75 Å². The Morgan fingerprint density at radius 2 is 2.18 bits per heavy atom. The first-order chi connectivity index (χ1) is 8.08. The van der Waals surface area contributed by atoms with Crippen LogP contribution in [0.1, 0.15) is 12.8 Å². The SMILES string of the molecule is COc1cc(F)c(NC(=O)CCC#N)cc1F. The van der Waals surface area contributed by atoms with Gasteiger partial charge in [0.15, 0.2) is 17.4 Å². The molecule has 0 saturated heterocycles. The average Bonchev–Trinajstić information content (AvgIpc) is 2.30. The van der Waals surface area contributed by atoms with E-state index in [9.17, 15) is 13.6 Å². The number of nitriles is 1. The minimum Gasteiger partial charge on any atom is -0.494 e. The normalized spacial score (nSPS) is 9.53. The Kier molecular flexibility index (Phi) is 4.40. The minimum absolute atomic E-state index is 0.0199. The Labute approximate surface area is 96.8 Å². The fourth-order valence-electron chi connectivity index (χ4n) is 1.16. The van der Waals surface area contributed by atoms with E-state index in [1.807, 2.05) is 0 Å². The summed E-state index contributed by atoms with van der Waals surface area (Å²) in [5, 5.41) is 10.4. The molecule has 1 amide bonds. The number of halogens is 2. The highest BCUT2D eigenvalue weighted by Gasteiger charge is 2.12. The van der Waals surface area contributed by atoms with Crippen LogP contribution in [0.4, 0.5) is 14.5 Å². The Morgan fingerprint density at radius 1 is 1.47 bits per heavy atom. The summed E-state index contributed by atoms with van der Waals surface area (Å²) < 4.78 is 31.2. The van der Waals surface area contributed by atoms with Crippen LogP contribution in [0.15, 0.2) is 12.1 Å². The second kappa shape index (κ2) is 5.80. The molecule has 0 aliphatic heterocycles. The van der Waals surface area contributed by atoms with Crippen molar-refractivity contribution in [2.75, 3.05) is 12.4 Å². The van der Waals surface area contributed by atoms with Crippen molar-refractivity contribution in [1.82, 2.24) is 0 Å². The summed E-state index contributed by atoms with van der Waals surface area (Å²) >= 11 is 0. The zero-order chi connectivity index (χ0) is 12.8. The molecular weight excluding hydrogens is 230 g/mol. The number of hydrogen-bond acceptors (Lipinski definition) is 3. The van der Waals surface area contributed by atoms with Crippen LogP contribution >= 0.6 is 0 Å². The molecular formula is C11H10F2N2O2. The number of carbonyl (C=O) groups excluding carboxylic acids is 1. The lowest BCUT2D eigenvalue weighted by molar-refractivity contribution is -0.116. The van der Waals surface area contributed by atoms with Gasteiger partial charge in [-0.3, -0.25) is 4.79 Å². The quantitative estimate of drug-likeness (QED) is 0.877. The molecule has 0 heterocycles. The van der Waals surface area contributed by atoms with E-state index < -0.39 is 17.5 Å². The van der Waals surface area contributed by atoms with Gasteiger partial charge in [0.05, 0.1) is 18.9 Å². The van der Waals surface area contributed by atoms with E-state index in [4.69, 9.17) is 5.26 Å². The number of ether oxygens (including phenoxy) is 1. The van der Waals surface area contributed by atoms with E-state index >= 15 is 0 Å². The summed E-state index contributed by atoms with van der Waals surface area (Å²) in [4.78, 5) is 11.2. The number of methoxy groups -OCH3 is 1. The molecule has 17 heavy (non-hydrogen) atoms. The van der Waals surface area contributed by atoms with Crippen LogP contribution in [0.2, 0.25) is 0 Å². The van der Waals surface area contributed by atoms with Crippen LogP contribution < -0.4 is 10.1 Å². The molecule has 0 aromatic heterocycles. The fraction of sp³-hybridized carbons (Fsp3) is 0.273. The third-order valence-electron chi connectivity index (χ3n) is 1.98. The molecule has 1 aromatic rings. The number of nitrogens with zero attached hydrogens (tertiary/aromatic N) is 1. The Hall–Kier alpha value is -2.16. The summed E-state index contributed by atoms with van der Waals surface area (Å²) in [7, 11) is 1.21. The summed E-state index contributed by atoms with van der Waals surface area (Å²) in [6, 6.07) is 3.45. The zero-order valence-electron chi connectivity index (χ0n) is 9.09. The van der Waals surface area contributed by atoms with Gasteiger partial charge < -0.3 is 10.1 Å². The fourth-order valence-corrected chi connectivity index (χ4v) is 1.16. The van der Waals surface area contributed by atoms with Crippen LogP contribution in [0.3, 0.4) is 0 Å². The highest BCUT2D eigenvalue weighted by atomic mass is 19.1. The summed E-state index contributed by atoms with van der Waals surface area (Å²) in [5.74, 6) is -2.36. The van der Waals surface area contributed by atoms with Crippen molar-refractivity contribution in [2.45, 2.75) is 12.8 Å². The number of rotatable bonds is 4. The largest absolute Gasteiger partial charge is 0.494 e.